The quantitative estimate of drug-likeness (QED) is 0.501. The van der Waals surface area contributed by atoms with Gasteiger partial charge in [0.2, 0.25) is 6.10 Å². The second-order valence-corrected chi connectivity index (χ2v) is 5.42. The molecule has 0 spiro atoms. The summed E-state index contributed by atoms with van der Waals surface area (Å²) in [4.78, 5) is 22.4. The van der Waals surface area contributed by atoms with Gasteiger partial charge < -0.3 is 10.1 Å². The molecule has 9 heteroatoms. The van der Waals surface area contributed by atoms with E-state index in [1.54, 1.807) is 12.1 Å². The first-order chi connectivity index (χ1) is 12.3. The Balaban J connectivity index is 1.91. The molecule has 1 heterocycles. The second kappa shape index (κ2) is 6.51. The van der Waals surface area contributed by atoms with Gasteiger partial charge >= 0.3 is 17.8 Å². The third-order valence-corrected chi connectivity index (χ3v) is 3.74. The van der Waals surface area contributed by atoms with Crippen LogP contribution in [0, 0.1) is 10.1 Å². The number of alkyl halides is 3. The van der Waals surface area contributed by atoms with Crippen molar-refractivity contribution in [1.82, 2.24) is 0 Å². The maximum absolute atomic E-state index is 12.7. The first kappa shape index (κ1) is 17.5. The molecule has 1 N–H and O–H groups in total. The van der Waals surface area contributed by atoms with Gasteiger partial charge in [0, 0.05) is 11.3 Å². The van der Waals surface area contributed by atoms with Gasteiger partial charge in [-0.1, -0.05) is 24.3 Å². The number of benzene rings is 2. The Morgan fingerprint density at radius 1 is 1.19 bits per heavy atom. The number of rotatable bonds is 4. The SMILES string of the molecule is O=C1O[C@H](/C(=C\Nc2cccc(C(F)(F)F)c2)[N+](=O)[O-])c2ccccc21. The summed E-state index contributed by atoms with van der Waals surface area (Å²) < 4.78 is 43.3. The molecule has 1 atom stereocenters. The lowest BCUT2D eigenvalue weighted by molar-refractivity contribution is -0.436. The molecule has 6 nitrogen and oxygen atoms in total. The zero-order valence-corrected chi connectivity index (χ0v) is 13.0. The van der Waals surface area contributed by atoms with Crippen molar-refractivity contribution in [3.63, 3.8) is 0 Å². The Hall–Kier alpha value is -3.36. The van der Waals surface area contributed by atoms with Gasteiger partial charge in [0.05, 0.1) is 22.3 Å². The van der Waals surface area contributed by atoms with E-state index >= 15 is 0 Å². The van der Waals surface area contributed by atoms with Gasteiger partial charge in [-0.3, -0.25) is 10.1 Å². The van der Waals surface area contributed by atoms with Crippen LogP contribution in [0.5, 0.6) is 0 Å². The van der Waals surface area contributed by atoms with E-state index in [0.29, 0.717) is 5.56 Å². The van der Waals surface area contributed by atoms with Crippen molar-refractivity contribution in [3.8, 4) is 0 Å². The first-order valence-corrected chi connectivity index (χ1v) is 7.35. The molecule has 134 valence electrons. The van der Waals surface area contributed by atoms with Crippen LogP contribution in [0.4, 0.5) is 18.9 Å². The van der Waals surface area contributed by atoms with Gasteiger partial charge in [-0.05, 0) is 24.3 Å². The van der Waals surface area contributed by atoms with E-state index < -0.39 is 34.4 Å². The number of ether oxygens (including phenoxy) is 1. The molecule has 0 saturated carbocycles. The number of anilines is 1. The minimum atomic E-state index is -4.53. The fourth-order valence-corrected chi connectivity index (χ4v) is 2.53. The summed E-state index contributed by atoms with van der Waals surface area (Å²) in [5.74, 6) is -0.697. The average Bonchev–Trinajstić information content (AvgIpc) is 2.92. The summed E-state index contributed by atoms with van der Waals surface area (Å²) in [6.07, 6.45) is -4.85. The largest absolute Gasteiger partial charge is 0.442 e. The summed E-state index contributed by atoms with van der Waals surface area (Å²) in [6.45, 7) is 0. The van der Waals surface area contributed by atoms with E-state index in [0.717, 1.165) is 18.3 Å². The number of nitro groups is 1. The number of hydrogen-bond acceptors (Lipinski definition) is 5. The van der Waals surface area contributed by atoms with Gasteiger partial charge in [0.25, 0.3) is 0 Å². The molecular formula is C17H11F3N2O4. The molecule has 0 aromatic heterocycles. The van der Waals surface area contributed by atoms with Crippen molar-refractivity contribution in [1.29, 1.82) is 0 Å². The molecule has 0 saturated heterocycles. The summed E-state index contributed by atoms with van der Waals surface area (Å²) in [6, 6.07) is 10.4. The van der Waals surface area contributed by atoms with Crippen molar-refractivity contribution in [2.24, 2.45) is 0 Å². The number of fused-ring (bicyclic) bond motifs is 1. The molecule has 0 bridgehead atoms. The van der Waals surface area contributed by atoms with Crippen LogP contribution >= 0.6 is 0 Å². The van der Waals surface area contributed by atoms with Crippen molar-refractivity contribution in [3.05, 3.63) is 87.2 Å². The second-order valence-electron chi connectivity index (χ2n) is 5.42. The molecule has 0 aliphatic carbocycles. The zero-order valence-electron chi connectivity index (χ0n) is 13.0. The number of carbonyl (C=O) groups excluding carboxylic acids is 1. The number of halogens is 3. The van der Waals surface area contributed by atoms with Gasteiger partial charge in [-0.25, -0.2) is 4.79 Å². The number of nitrogens with zero attached hydrogens (tertiary/aromatic N) is 1. The number of esters is 1. The van der Waals surface area contributed by atoms with Gasteiger partial charge in [-0.2, -0.15) is 13.2 Å². The highest BCUT2D eigenvalue weighted by Crippen LogP contribution is 2.36. The van der Waals surface area contributed by atoms with Crippen LogP contribution in [-0.2, 0) is 10.9 Å². The molecule has 0 amide bonds. The maximum atomic E-state index is 12.7. The smallest absolute Gasteiger partial charge is 0.416 e. The van der Waals surface area contributed by atoms with E-state index in [-0.39, 0.29) is 11.3 Å². The summed E-state index contributed by atoms with van der Waals surface area (Å²) in [5.41, 5.74) is -0.843. The summed E-state index contributed by atoms with van der Waals surface area (Å²) >= 11 is 0. The van der Waals surface area contributed by atoms with Crippen molar-refractivity contribution < 1.29 is 27.6 Å². The number of nitrogens with one attached hydrogen (secondary N) is 1. The Morgan fingerprint density at radius 2 is 1.92 bits per heavy atom. The molecule has 1 aliphatic heterocycles. The van der Waals surface area contributed by atoms with Crippen LogP contribution in [0.15, 0.2) is 60.4 Å². The van der Waals surface area contributed by atoms with E-state index in [1.807, 2.05) is 0 Å². The molecule has 2 aromatic rings. The Bertz CT molecular complexity index is 909. The first-order valence-electron chi connectivity index (χ1n) is 7.35. The number of cyclic esters (lactones) is 1. The normalized spacial score (nSPS) is 16.8. The van der Waals surface area contributed by atoms with Crippen LogP contribution in [-0.4, -0.2) is 10.9 Å². The highest BCUT2D eigenvalue weighted by atomic mass is 19.4. The Kier molecular flexibility index (Phi) is 4.37. The lowest BCUT2D eigenvalue weighted by atomic mass is 10.0. The third kappa shape index (κ3) is 3.37. The Morgan fingerprint density at radius 3 is 2.62 bits per heavy atom. The minimum Gasteiger partial charge on any atom is -0.442 e. The summed E-state index contributed by atoms with van der Waals surface area (Å²) in [5, 5.41) is 13.8. The van der Waals surface area contributed by atoms with Crippen LogP contribution in [0.3, 0.4) is 0 Å². The third-order valence-electron chi connectivity index (χ3n) is 3.74. The van der Waals surface area contributed by atoms with Crippen molar-refractivity contribution >= 4 is 11.7 Å². The van der Waals surface area contributed by atoms with E-state index in [1.165, 1.54) is 24.3 Å². The average molecular weight is 364 g/mol. The molecule has 0 unspecified atom stereocenters. The Labute approximate surface area is 145 Å². The fourth-order valence-electron chi connectivity index (χ4n) is 2.53. The molecular weight excluding hydrogens is 353 g/mol. The van der Waals surface area contributed by atoms with Crippen LogP contribution in [0.25, 0.3) is 0 Å². The number of hydrogen-bond donors (Lipinski definition) is 1. The molecule has 2 aromatic carbocycles. The topological polar surface area (TPSA) is 81.5 Å². The zero-order chi connectivity index (χ0) is 18.9. The fraction of sp³-hybridized carbons (Fsp3) is 0.118. The molecule has 26 heavy (non-hydrogen) atoms. The van der Waals surface area contributed by atoms with Crippen molar-refractivity contribution in [2.75, 3.05) is 5.32 Å². The number of carbonyl (C=O) groups is 1. The van der Waals surface area contributed by atoms with Crippen LogP contribution < -0.4 is 5.32 Å². The molecule has 1 aliphatic rings. The van der Waals surface area contributed by atoms with Crippen LogP contribution in [0.2, 0.25) is 0 Å². The highest BCUT2D eigenvalue weighted by Gasteiger charge is 2.39. The van der Waals surface area contributed by atoms with E-state index in [2.05, 4.69) is 5.32 Å². The maximum Gasteiger partial charge on any atom is 0.416 e. The monoisotopic (exact) mass is 364 g/mol. The van der Waals surface area contributed by atoms with Gasteiger partial charge in [0.15, 0.2) is 0 Å². The predicted octanol–water partition coefficient (Wildman–Crippen LogP) is 4.15. The molecule has 3 rings (SSSR count). The standard InChI is InChI=1S/C17H11F3N2O4/c18-17(19,20)10-4-3-5-11(8-10)21-9-14(22(24)25)15-12-6-1-2-7-13(12)16(23)26-15/h1-9,15,21H/b14-9+/t15-/m0/s1. The van der Waals surface area contributed by atoms with Crippen molar-refractivity contribution in [2.45, 2.75) is 12.3 Å². The lowest BCUT2D eigenvalue weighted by Crippen LogP contribution is -2.12. The van der Waals surface area contributed by atoms with Gasteiger partial charge in [-0.15, -0.1) is 0 Å². The van der Waals surface area contributed by atoms with Crippen LogP contribution in [0.1, 0.15) is 27.6 Å². The highest BCUT2D eigenvalue weighted by molar-refractivity contribution is 5.94. The van der Waals surface area contributed by atoms with E-state index in [9.17, 15) is 28.1 Å². The summed E-state index contributed by atoms with van der Waals surface area (Å²) in [7, 11) is 0. The minimum absolute atomic E-state index is 0.0109. The van der Waals surface area contributed by atoms with Gasteiger partial charge in [0.1, 0.15) is 0 Å². The van der Waals surface area contributed by atoms with E-state index in [4.69, 9.17) is 4.74 Å². The predicted molar refractivity (Wildman–Crippen MR) is 84.7 cm³/mol. The lowest BCUT2D eigenvalue weighted by Gasteiger charge is -2.10. The molecule has 0 radical (unpaired) electrons. The molecule has 0 fully saturated rings.